The van der Waals surface area contributed by atoms with Gasteiger partial charge in [0.25, 0.3) is 0 Å². The van der Waals surface area contributed by atoms with Crippen LogP contribution in [-0.4, -0.2) is 49.8 Å². The van der Waals surface area contributed by atoms with E-state index in [1.54, 1.807) is 11.1 Å². The molecule has 1 saturated heterocycles. The van der Waals surface area contributed by atoms with Crippen LogP contribution in [0, 0.1) is 11.3 Å². The van der Waals surface area contributed by atoms with Crippen LogP contribution in [0.2, 0.25) is 0 Å². The van der Waals surface area contributed by atoms with Crippen LogP contribution in [0.4, 0.5) is 29.3 Å². The zero-order valence-electron chi connectivity index (χ0n) is 23.5. The number of fused-ring (bicyclic) bond motifs is 2. The minimum absolute atomic E-state index is 0.00396. The highest BCUT2D eigenvalue weighted by atomic mass is 19.4. The van der Waals surface area contributed by atoms with Gasteiger partial charge in [-0.25, -0.2) is 9.78 Å². The Bertz CT molecular complexity index is 1510. The van der Waals surface area contributed by atoms with Crippen molar-refractivity contribution in [3.8, 4) is 23.1 Å². The molecule has 11 heteroatoms. The SMILES string of the molecule is CCOc1ncccc1-c1ccc2c(c1)N(C(=O)NC[C@H](C)N)CC21CCN(c2ccc(C(F)(F)F)cc2C#N)CC1. The topological polar surface area (TPSA) is 108 Å². The summed E-state index contributed by atoms with van der Waals surface area (Å²) in [6.07, 6.45) is -1.54. The Labute approximate surface area is 242 Å². The molecule has 1 aromatic heterocycles. The number of halogens is 3. The number of carbonyl (C=O) groups excluding carboxylic acids is 1. The first-order chi connectivity index (χ1) is 20.1. The second-order valence-corrected chi connectivity index (χ2v) is 10.9. The van der Waals surface area contributed by atoms with Crippen molar-refractivity contribution in [2.45, 2.75) is 44.3 Å². The maximum atomic E-state index is 13.4. The molecule has 8 nitrogen and oxygen atoms in total. The van der Waals surface area contributed by atoms with E-state index in [2.05, 4.69) is 16.4 Å². The van der Waals surface area contributed by atoms with Crippen molar-refractivity contribution in [1.82, 2.24) is 10.3 Å². The first kappa shape index (κ1) is 29.2. The number of nitriles is 1. The van der Waals surface area contributed by atoms with Gasteiger partial charge >= 0.3 is 12.2 Å². The molecular weight excluding hydrogens is 545 g/mol. The molecule has 1 fully saturated rings. The number of anilines is 2. The Morgan fingerprint density at radius 3 is 2.62 bits per heavy atom. The molecule has 1 atom stereocenters. The second kappa shape index (κ2) is 11.5. The predicted octanol–water partition coefficient (Wildman–Crippen LogP) is 5.45. The van der Waals surface area contributed by atoms with E-state index in [4.69, 9.17) is 10.5 Å². The van der Waals surface area contributed by atoms with E-state index in [-0.39, 0.29) is 23.1 Å². The third kappa shape index (κ3) is 5.59. The summed E-state index contributed by atoms with van der Waals surface area (Å²) in [6.45, 7) is 6.00. The third-order valence-electron chi connectivity index (χ3n) is 8.01. The molecule has 0 radical (unpaired) electrons. The first-order valence-corrected chi connectivity index (χ1v) is 14.0. The van der Waals surface area contributed by atoms with Crippen molar-refractivity contribution in [2.24, 2.45) is 5.73 Å². The number of ether oxygens (including phenoxy) is 1. The lowest BCUT2D eigenvalue weighted by atomic mass is 9.74. The van der Waals surface area contributed by atoms with Gasteiger partial charge in [0.15, 0.2) is 0 Å². The molecule has 5 rings (SSSR count). The second-order valence-electron chi connectivity index (χ2n) is 10.9. The number of hydrogen-bond acceptors (Lipinski definition) is 6. The maximum absolute atomic E-state index is 13.4. The molecule has 220 valence electrons. The van der Waals surface area contributed by atoms with Crippen molar-refractivity contribution in [2.75, 3.05) is 42.6 Å². The number of alkyl halides is 3. The van der Waals surface area contributed by atoms with Crippen LogP contribution in [0.15, 0.2) is 54.7 Å². The fraction of sp³-hybridized carbons (Fsp3) is 0.387. The number of rotatable bonds is 6. The molecular formula is C31H33F3N6O2. The molecule has 0 aliphatic carbocycles. The number of pyridine rings is 1. The Morgan fingerprint density at radius 2 is 1.95 bits per heavy atom. The molecule has 2 aliphatic rings. The van der Waals surface area contributed by atoms with Crippen LogP contribution >= 0.6 is 0 Å². The van der Waals surface area contributed by atoms with Crippen LogP contribution in [0.25, 0.3) is 11.1 Å². The van der Waals surface area contributed by atoms with Crippen molar-refractivity contribution in [3.05, 3.63) is 71.4 Å². The van der Waals surface area contributed by atoms with E-state index >= 15 is 0 Å². The Kier molecular flexibility index (Phi) is 8.01. The highest BCUT2D eigenvalue weighted by Crippen LogP contribution is 2.49. The summed E-state index contributed by atoms with van der Waals surface area (Å²) in [6, 6.07) is 14.6. The standard InChI is InChI=1S/C31H33F3N6O2/c1-3-42-28-24(5-4-12-37-28)21-6-8-25-27(16-21)40(29(41)38-18-20(2)36)19-30(25)10-13-39(14-11-30)26-9-7-23(31(32,33)34)15-22(26)17-35/h4-9,12,15-16,20H,3,10-11,13-14,18-19,36H2,1-2H3,(H,38,41)/t20-/m0/s1. The number of carbonyl (C=O) groups is 1. The first-order valence-electron chi connectivity index (χ1n) is 14.0. The smallest absolute Gasteiger partial charge is 0.416 e. The summed E-state index contributed by atoms with van der Waals surface area (Å²) in [5.74, 6) is 0.513. The molecule has 0 unspecified atom stereocenters. The van der Waals surface area contributed by atoms with E-state index in [1.807, 2.05) is 49.1 Å². The number of amides is 2. The zero-order chi connectivity index (χ0) is 30.1. The summed E-state index contributed by atoms with van der Waals surface area (Å²) in [7, 11) is 0. The highest BCUT2D eigenvalue weighted by molar-refractivity contribution is 5.96. The Hall–Kier alpha value is -4.30. The lowest BCUT2D eigenvalue weighted by Crippen LogP contribution is -2.49. The van der Waals surface area contributed by atoms with Crippen LogP contribution in [0.5, 0.6) is 5.88 Å². The van der Waals surface area contributed by atoms with Gasteiger partial charge < -0.3 is 20.7 Å². The average Bonchev–Trinajstić information content (AvgIpc) is 3.29. The quantitative estimate of drug-likeness (QED) is 0.403. The van der Waals surface area contributed by atoms with Crippen molar-refractivity contribution >= 4 is 17.4 Å². The summed E-state index contributed by atoms with van der Waals surface area (Å²) in [5, 5.41) is 12.5. The van der Waals surface area contributed by atoms with Crippen molar-refractivity contribution in [1.29, 1.82) is 5.26 Å². The molecule has 3 N–H and O–H groups in total. The van der Waals surface area contributed by atoms with Crippen molar-refractivity contribution < 1.29 is 22.7 Å². The number of urea groups is 1. The van der Waals surface area contributed by atoms with Crippen LogP contribution in [0.3, 0.4) is 0 Å². The van der Waals surface area contributed by atoms with Gasteiger partial charge in [-0.15, -0.1) is 0 Å². The van der Waals surface area contributed by atoms with Gasteiger partial charge in [-0.1, -0.05) is 12.1 Å². The highest BCUT2D eigenvalue weighted by Gasteiger charge is 2.47. The molecule has 0 saturated carbocycles. The lowest BCUT2D eigenvalue weighted by Gasteiger charge is -2.41. The van der Waals surface area contributed by atoms with Gasteiger partial charge in [0.05, 0.1) is 23.4 Å². The minimum atomic E-state index is -4.52. The van der Waals surface area contributed by atoms with Crippen LogP contribution in [0.1, 0.15) is 43.4 Å². The number of benzene rings is 2. The third-order valence-corrected chi connectivity index (χ3v) is 8.01. The van der Waals surface area contributed by atoms with Gasteiger partial charge in [-0.05, 0) is 74.2 Å². The van der Waals surface area contributed by atoms with E-state index in [0.717, 1.165) is 34.5 Å². The summed E-state index contributed by atoms with van der Waals surface area (Å²) < 4.78 is 45.5. The average molecular weight is 579 g/mol. The van der Waals surface area contributed by atoms with Crippen LogP contribution < -0.4 is 25.6 Å². The molecule has 3 heterocycles. The number of nitrogens with two attached hydrogens (primary N) is 1. The molecule has 0 bridgehead atoms. The van der Waals surface area contributed by atoms with Gasteiger partial charge in [0, 0.05) is 55.1 Å². The summed E-state index contributed by atoms with van der Waals surface area (Å²) in [5.41, 5.74) is 8.70. The molecule has 2 aromatic carbocycles. The molecule has 2 aliphatic heterocycles. The van der Waals surface area contributed by atoms with E-state index in [9.17, 15) is 23.2 Å². The van der Waals surface area contributed by atoms with Crippen LogP contribution in [-0.2, 0) is 11.6 Å². The van der Waals surface area contributed by atoms with Crippen molar-refractivity contribution in [3.63, 3.8) is 0 Å². The number of nitrogens with one attached hydrogen (secondary N) is 1. The number of piperidine rings is 1. The summed E-state index contributed by atoms with van der Waals surface area (Å²) >= 11 is 0. The number of aromatic nitrogens is 1. The van der Waals surface area contributed by atoms with Gasteiger partial charge in [0.1, 0.15) is 6.07 Å². The lowest BCUT2D eigenvalue weighted by molar-refractivity contribution is -0.137. The fourth-order valence-electron chi connectivity index (χ4n) is 5.91. The van der Waals surface area contributed by atoms with Gasteiger partial charge in [0.2, 0.25) is 5.88 Å². The Balaban J connectivity index is 1.47. The molecule has 2 amide bonds. The van der Waals surface area contributed by atoms with E-state index in [1.165, 1.54) is 6.07 Å². The Morgan fingerprint density at radius 1 is 1.19 bits per heavy atom. The van der Waals surface area contributed by atoms with Gasteiger partial charge in [-0.3, -0.25) is 4.90 Å². The van der Waals surface area contributed by atoms with E-state index < -0.39 is 11.7 Å². The fourth-order valence-corrected chi connectivity index (χ4v) is 5.91. The minimum Gasteiger partial charge on any atom is -0.478 e. The molecule has 3 aromatic rings. The summed E-state index contributed by atoms with van der Waals surface area (Å²) in [4.78, 5) is 21.5. The van der Waals surface area contributed by atoms with E-state index in [0.29, 0.717) is 57.2 Å². The normalized spacial score (nSPS) is 16.6. The number of nitrogens with zero attached hydrogens (tertiary/aromatic N) is 4. The number of hydrogen-bond donors (Lipinski definition) is 2. The zero-order valence-corrected chi connectivity index (χ0v) is 23.5. The largest absolute Gasteiger partial charge is 0.478 e. The van der Waals surface area contributed by atoms with Gasteiger partial charge in [-0.2, -0.15) is 18.4 Å². The molecule has 1 spiro atoms. The monoisotopic (exact) mass is 578 g/mol. The maximum Gasteiger partial charge on any atom is 0.416 e. The molecule has 42 heavy (non-hydrogen) atoms. The predicted molar refractivity (Wildman–Crippen MR) is 155 cm³/mol.